The van der Waals surface area contributed by atoms with Crippen molar-refractivity contribution in [2.75, 3.05) is 45.9 Å². The highest BCUT2D eigenvalue weighted by Crippen LogP contribution is 2.12. The molecule has 9 nitrogen and oxygen atoms in total. The lowest BCUT2D eigenvalue weighted by Crippen LogP contribution is -2.50. The van der Waals surface area contributed by atoms with Crippen LogP contribution in [0.2, 0.25) is 0 Å². The molecule has 0 unspecified atom stereocenters. The van der Waals surface area contributed by atoms with Gasteiger partial charge in [-0.25, -0.2) is 4.39 Å². The molecule has 1 heterocycles. The SMILES string of the molecule is NCCCCC(=O)N1CCCCOC[C@@H](O)[C@H](O)[C@@H](O)CN(C(=O)c2ccc(F)cc2)CC1. The number of ether oxygens (including phenoxy) is 1. The van der Waals surface area contributed by atoms with Gasteiger partial charge in [0.05, 0.1) is 6.61 Å². The molecule has 1 aromatic rings. The number of benzene rings is 1. The molecular formula is C23H36FN3O6. The van der Waals surface area contributed by atoms with Gasteiger partial charge < -0.3 is 35.6 Å². The molecule has 2 rings (SSSR count). The van der Waals surface area contributed by atoms with Crippen LogP contribution < -0.4 is 5.73 Å². The fourth-order valence-corrected chi connectivity index (χ4v) is 3.63. The molecule has 0 bridgehead atoms. The van der Waals surface area contributed by atoms with E-state index in [2.05, 4.69) is 0 Å². The summed E-state index contributed by atoms with van der Waals surface area (Å²) in [5.74, 6) is -1.00. The summed E-state index contributed by atoms with van der Waals surface area (Å²) < 4.78 is 18.7. The highest BCUT2D eigenvalue weighted by molar-refractivity contribution is 5.94. The number of hydrogen-bond donors (Lipinski definition) is 4. The maximum absolute atomic E-state index is 13.3. The molecule has 186 valence electrons. The molecule has 0 aliphatic carbocycles. The lowest BCUT2D eigenvalue weighted by Gasteiger charge is -2.32. The van der Waals surface area contributed by atoms with E-state index in [1.807, 2.05) is 0 Å². The number of nitrogens with two attached hydrogens (primary N) is 1. The van der Waals surface area contributed by atoms with E-state index in [4.69, 9.17) is 10.5 Å². The molecule has 33 heavy (non-hydrogen) atoms. The van der Waals surface area contributed by atoms with E-state index >= 15 is 0 Å². The third kappa shape index (κ3) is 8.98. The minimum atomic E-state index is -1.52. The van der Waals surface area contributed by atoms with Crippen LogP contribution in [-0.4, -0.2) is 101 Å². The van der Waals surface area contributed by atoms with Crippen molar-refractivity contribution in [1.29, 1.82) is 0 Å². The fraction of sp³-hybridized carbons (Fsp3) is 0.652. The van der Waals surface area contributed by atoms with Gasteiger partial charge in [-0.3, -0.25) is 9.59 Å². The Hall–Kier alpha value is -2.11. The summed E-state index contributed by atoms with van der Waals surface area (Å²) in [6.45, 7) is 1.25. The molecule has 2 amide bonds. The largest absolute Gasteiger partial charge is 0.388 e. The Labute approximate surface area is 193 Å². The quantitative estimate of drug-likeness (QED) is 0.450. The summed E-state index contributed by atoms with van der Waals surface area (Å²) in [6.07, 6.45) is -1.18. The first-order valence-electron chi connectivity index (χ1n) is 11.5. The van der Waals surface area contributed by atoms with Gasteiger partial charge in [-0.05, 0) is 56.5 Å². The van der Waals surface area contributed by atoms with E-state index in [1.165, 1.54) is 17.0 Å². The Kier molecular flexibility index (Phi) is 11.7. The lowest BCUT2D eigenvalue weighted by molar-refractivity contribution is -0.132. The van der Waals surface area contributed by atoms with Gasteiger partial charge in [0.15, 0.2) is 0 Å². The van der Waals surface area contributed by atoms with Gasteiger partial charge >= 0.3 is 0 Å². The van der Waals surface area contributed by atoms with Gasteiger partial charge in [0.2, 0.25) is 5.91 Å². The first kappa shape index (κ1) is 27.1. The Morgan fingerprint density at radius 2 is 1.70 bits per heavy atom. The van der Waals surface area contributed by atoms with Crippen LogP contribution in [0.4, 0.5) is 4.39 Å². The molecule has 0 aromatic heterocycles. The number of nitrogens with zero attached hydrogens (tertiary/aromatic N) is 2. The molecule has 1 fully saturated rings. The van der Waals surface area contributed by atoms with Gasteiger partial charge in [0, 0.05) is 44.8 Å². The molecular weight excluding hydrogens is 433 g/mol. The highest BCUT2D eigenvalue weighted by atomic mass is 19.1. The van der Waals surface area contributed by atoms with Crippen LogP contribution >= 0.6 is 0 Å². The number of aliphatic hydroxyl groups is 3. The van der Waals surface area contributed by atoms with Gasteiger partial charge in [0.1, 0.15) is 24.1 Å². The third-order valence-electron chi connectivity index (χ3n) is 5.67. The number of carbonyl (C=O) groups is 2. The normalized spacial score (nSPS) is 23.7. The van der Waals surface area contributed by atoms with Crippen LogP contribution in [0.1, 0.15) is 42.5 Å². The number of halogens is 1. The van der Waals surface area contributed by atoms with Gasteiger partial charge in [-0.1, -0.05) is 0 Å². The average Bonchev–Trinajstić information content (AvgIpc) is 2.80. The Morgan fingerprint density at radius 1 is 1.00 bits per heavy atom. The van der Waals surface area contributed by atoms with E-state index in [-0.39, 0.29) is 37.7 Å². The summed E-state index contributed by atoms with van der Waals surface area (Å²) >= 11 is 0. The minimum absolute atomic E-state index is 0.0401. The summed E-state index contributed by atoms with van der Waals surface area (Å²) in [7, 11) is 0. The third-order valence-corrected chi connectivity index (χ3v) is 5.67. The zero-order valence-corrected chi connectivity index (χ0v) is 18.9. The molecule has 10 heteroatoms. The number of amides is 2. The van der Waals surface area contributed by atoms with Gasteiger partial charge in [-0.2, -0.15) is 0 Å². The molecule has 0 spiro atoms. The maximum atomic E-state index is 13.3. The number of aliphatic hydroxyl groups excluding tert-OH is 3. The topological polar surface area (TPSA) is 137 Å². The number of carbonyl (C=O) groups excluding carboxylic acids is 2. The predicted molar refractivity (Wildman–Crippen MR) is 120 cm³/mol. The molecule has 3 atom stereocenters. The van der Waals surface area contributed by atoms with Crippen molar-refractivity contribution in [2.45, 2.75) is 50.4 Å². The first-order valence-corrected chi connectivity index (χ1v) is 11.5. The number of β-amino-alcohol motifs (C(OH)–C–C–N with tert-alkyl or cyclic N) is 1. The van der Waals surface area contributed by atoms with E-state index in [9.17, 15) is 29.3 Å². The maximum Gasteiger partial charge on any atom is 0.254 e. The molecule has 0 radical (unpaired) electrons. The molecule has 1 saturated heterocycles. The second kappa shape index (κ2) is 14.2. The number of unbranched alkanes of at least 4 members (excludes halogenated alkanes) is 1. The van der Waals surface area contributed by atoms with Gasteiger partial charge in [0.25, 0.3) is 5.91 Å². The van der Waals surface area contributed by atoms with Crippen molar-refractivity contribution in [3.63, 3.8) is 0 Å². The summed E-state index contributed by atoms with van der Waals surface area (Å²) in [5.41, 5.74) is 5.73. The second-order valence-electron chi connectivity index (χ2n) is 8.29. The second-order valence-corrected chi connectivity index (χ2v) is 8.29. The van der Waals surface area contributed by atoms with Crippen molar-refractivity contribution in [3.05, 3.63) is 35.6 Å². The summed E-state index contributed by atoms with van der Waals surface area (Å²) in [6, 6.07) is 5.00. The highest BCUT2D eigenvalue weighted by Gasteiger charge is 2.29. The average molecular weight is 470 g/mol. The van der Waals surface area contributed by atoms with E-state index in [1.54, 1.807) is 4.90 Å². The van der Waals surface area contributed by atoms with E-state index < -0.39 is 30.0 Å². The van der Waals surface area contributed by atoms with Gasteiger partial charge in [-0.15, -0.1) is 0 Å². The molecule has 1 aliphatic rings. The smallest absolute Gasteiger partial charge is 0.254 e. The first-order chi connectivity index (χ1) is 15.8. The van der Waals surface area contributed by atoms with Crippen LogP contribution in [0.5, 0.6) is 0 Å². The van der Waals surface area contributed by atoms with Crippen LogP contribution in [0.3, 0.4) is 0 Å². The zero-order chi connectivity index (χ0) is 24.2. The van der Waals surface area contributed by atoms with Crippen LogP contribution in [0.25, 0.3) is 0 Å². The van der Waals surface area contributed by atoms with Crippen molar-refractivity contribution in [1.82, 2.24) is 9.80 Å². The summed E-state index contributed by atoms with van der Waals surface area (Å²) in [4.78, 5) is 28.8. The minimum Gasteiger partial charge on any atom is -0.388 e. The molecule has 5 N–H and O–H groups in total. The van der Waals surface area contributed by atoms with Crippen molar-refractivity contribution >= 4 is 11.8 Å². The van der Waals surface area contributed by atoms with E-state index in [0.717, 1.165) is 18.6 Å². The van der Waals surface area contributed by atoms with E-state index in [0.29, 0.717) is 45.4 Å². The van der Waals surface area contributed by atoms with Crippen LogP contribution in [0.15, 0.2) is 24.3 Å². The number of rotatable bonds is 5. The predicted octanol–water partition coefficient (Wildman–Crippen LogP) is 0.119. The van der Waals surface area contributed by atoms with Crippen LogP contribution in [-0.2, 0) is 9.53 Å². The van der Waals surface area contributed by atoms with Crippen molar-refractivity contribution < 1.29 is 34.0 Å². The summed E-state index contributed by atoms with van der Waals surface area (Å²) in [5, 5.41) is 30.9. The van der Waals surface area contributed by atoms with Crippen LogP contribution in [0, 0.1) is 5.82 Å². The number of hydrogen-bond acceptors (Lipinski definition) is 7. The van der Waals surface area contributed by atoms with Crippen molar-refractivity contribution in [2.24, 2.45) is 5.73 Å². The zero-order valence-electron chi connectivity index (χ0n) is 18.9. The molecule has 1 aliphatic heterocycles. The Balaban J connectivity index is 2.19. The Morgan fingerprint density at radius 3 is 2.39 bits per heavy atom. The fourth-order valence-electron chi connectivity index (χ4n) is 3.63. The van der Waals surface area contributed by atoms with Crippen molar-refractivity contribution in [3.8, 4) is 0 Å². The monoisotopic (exact) mass is 469 g/mol. The lowest BCUT2D eigenvalue weighted by atomic mass is 10.1. The standard InChI is InChI=1S/C23H36FN3O6/c24-18-8-6-17(7-9-18)23(32)27-13-12-26(21(30)5-1-2-10-25)11-3-4-14-33-16-20(29)22(31)19(28)15-27/h6-9,19-20,22,28-29,31H,1-5,10-16,25H2/t19-,20+,22+/m0/s1. The molecule has 1 aromatic carbocycles. The molecule has 0 saturated carbocycles. The Bertz CT molecular complexity index is 735.